The van der Waals surface area contributed by atoms with E-state index in [1.54, 1.807) is 0 Å². The molecular weight excluding hydrogens is 242 g/mol. The fourth-order valence-electron chi connectivity index (χ4n) is 2.19. The smallest absolute Gasteiger partial charge is 0.0541 e. The SMILES string of the molecule is CCC1CN(CCNCc2ccccn2)CCS1. The van der Waals surface area contributed by atoms with Gasteiger partial charge in [-0.3, -0.25) is 4.98 Å². The van der Waals surface area contributed by atoms with Crippen molar-refractivity contribution in [3.05, 3.63) is 30.1 Å². The summed E-state index contributed by atoms with van der Waals surface area (Å²) in [7, 11) is 0. The van der Waals surface area contributed by atoms with Gasteiger partial charge in [-0.05, 0) is 18.6 Å². The van der Waals surface area contributed by atoms with Gasteiger partial charge >= 0.3 is 0 Å². The average Bonchev–Trinajstić information content (AvgIpc) is 2.45. The molecule has 1 saturated heterocycles. The Morgan fingerprint density at radius 1 is 1.50 bits per heavy atom. The second-order valence-electron chi connectivity index (χ2n) is 4.70. The summed E-state index contributed by atoms with van der Waals surface area (Å²) in [5.74, 6) is 1.29. The third-order valence-electron chi connectivity index (χ3n) is 3.32. The molecule has 1 aromatic heterocycles. The third-order valence-corrected chi connectivity index (χ3v) is 4.69. The highest BCUT2D eigenvalue weighted by molar-refractivity contribution is 8.00. The molecule has 0 radical (unpaired) electrons. The van der Waals surface area contributed by atoms with Crippen LogP contribution in [0.2, 0.25) is 0 Å². The Labute approximate surface area is 114 Å². The summed E-state index contributed by atoms with van der Waals surface area (Å²) >= 11 is 2.13. The maximum atomic E-state index is 4.31. The Hall–Kier alpha value is -0.580. The van der Waals surface area contributed by atoms with Crippen molar-refractivity contribution >= 4 is 11.8 Å². The van der Waals surface area contributed by atoms with E-state index >= 15 is 0 Å². The zero-order valence-electron chi connectivity index (χ0n) is 11.1. The molecular formula is C14H23N3S. The third kappa shape index (κ3) is 4.59. The van der Waals surface area contributed by atoms with Gasteiger partial charge in [-0.2, -0.15) is 11.8 Å². The first-order valence-electron chi connectivity index (χ1n) is 6.83. The van der Waals surface area contributed by atoms with Crippen LogP contribution in [0.5, 0.6) is 0 Å². The second kappa shape index (κ2) is 7.77. The van der Waals surface area contributed by atoms with Gasteiger partial charge in [-0.1, -0.05) is 13.0 Å². The molecule has 1 aromatic rings. The molecule has 1 aliphatic heterocycles. The van der Waals surface area contributed by atoms with E-state index in [-0.39, 0.29) is 0 Å². The highest BCUT2D eigenvalue weighted by Crippen LogP contribution is 2.20. The monoisotopic (exact) mass is 265 g/mol. The molecule has 1 unspecified atom stereocenters. The van der Waals surface area contributed by atoms with E-state index in [9.17, 15) is 0 Å². The van der Waals surface area contributed by atoms with E-state index in [2.05, 4.69) is 40.0 Å². The van der Waals surface area contributed by atoms with Crippen LogP contribution in [0.1, 0.15) is 19.0 Å². The quantitative estimate of drug-likeness (QED) is 0.796. The number of rotatable bonds is 6. The fourth-order valence-corrected chi connectivity index (χ4v) is 3.44. The number of nitrogens with zero attached hydrogens (tertiary/aromatic N) is 2. The van der Waals surface area contributed by atoms with Crippen LogP contribution in [0.4, 0.5) is 0 Å². The molecule has 18 heavy (non-hydrogen) atoms. The molecule has 1 fully saturated rings. The molecule has 1 N–H and O–H groups in total. The van der Waals surface area contributed by atoms with Crippen molar-refractivity contribution in [2.45, 2.75) is 25.1 Å². The standard InChI is InChI=1S/C14H23N3S/c1-2-14-12-17(9-10-18-14)8-7-15-11-13-5-3-4-6-16-13/h3-6,14-15H,2,7-12H2,1H3. The van der Waals surface area contributed by atoms with Crippen molar-refractivity contribution in [3.8, 4) is 0 Å². The van der Waals surface area contributed by atoms with E-state index in [4.69, 9.17) is 0 Å². The Balaban J connectivity index is 1.60. The van der Waals surface area contributed by atoms with Gasteiger partial charge in [-0.25, -0.2) is 0 Å². The van der Waals surface area contributed by atoms with Gasteiger partial charge < -0.3 is 10.2 Å². The summed E-state index contributed by atoms with van der Waals surface area (Å²) in [6.07, 6.45) is 3.15. The molecule has 1 aliphatic rings. The second-order valence-corrected chi connectivity index (χ2v) is 6.11. The lowest BCUT2D eigenvalue weighted by molar-refractivity contribution is 0.280. The predicted octanol–water partition coefficient (Wildman–Crippen LogP) is 2.00. The Morgan fingerprint density at radius 2 is 2.44 bits per heavy atom. The van der Waals surface area contributed by atoms with Crippen molar-refractivity contribution in [1.29, 1.82) is 0 Å². The number of nitrogens with one attached hydrogen (secondary N) is 1. The van der Waals surface area contributed by atoms with Gasteiger partial charge in [0.05, 0.1) is 5.69 Å². The van der Waals surface area contributed by atoms with Crippen molar-refractivity contribution in [2.24, 2.45) is 0 Å². The number of pyridine rings is 1. The Morgan fingerprint density at radius 3 is 3.22 bits per heavy atom. The first kappa shape index (κ1) is 13.8. The zero-order valence-corrected chi connectivity index (χ0v) is 12.0. The largest absolute Gasteiger partial charge is 0.310 e. The average molecular weight is 265 g/mol. The van der Waals surface area contributed by atoms with Crippen LogP contribution >= 0.6 is 11.8 Å². The molecule has 100 valence electrons. The van der Waals surface area contributed by atoms with Gasteiger partial charge in [0.1, 0.15) is 0 Å². The molecule has 0 saturated carbocycles. The number of hydrogen-bond acceptors (Lipinski definition) is 4. The van der Waals surface area contributed by atoms with Gasteiger partial charge in [0.25, 0.3) is 0 Å². The fraction of sp³-hybridized carbons (Fsp3) is 0.643. The number of thioether (sulfide) groups is 1. The molecule has 4 heteroatoms. The molecule has 3 nitrogen and oxygen atoms in total. The zero-order chi connectivity index (χ0) is 12.6. The summed E-state index contributed by atoms with van der Waals surface area (Å²) in [5.41, 5.74) is 1.12. The minimum atomic E-state index is 0.842. The molecule has 0 spiro atoms. The van der Waals surface area contributed by atoms with Crippen molar-refractivity contribution in [3.63, 3.8) is 0 Å². The van der Waals surface area contributed by atoms with Gasteiger partial charge in [0.15, 0.2) is 0 Å². The van der Waals surface area contributed by atoms with E-state index in [0.29, 0.717) is 0 Å². The van der Waals surface area contributed by atoms with Crippen molar-refractivity contribution in [2.75, 3.05) is 31.9 Å². The topological polar surface area (TPSA) is 28.2 Å². The van der Waals surface area contributed by atoms with Crippen LogP contribution in [0.25, 0.3) is 0 Å². The summed E-state index contributed by atoms with van der Waals surface area (Å²) in [6.45, 7) is 7.88. The lowest BCUT2D eigenvalue weighted by Gasteiger charge is -2.31. The van der Waals surface area contributed by atoms with Crippen LogP contribution in [-0.2, 0) is 6.54 Å². The van der Waals surface area contributed by atoms with Crippen LogP contribution < -0.4 is 5.32 Å². The predicted molar refractivity (Wildman–Crippen MR) is 78.9 cm³/mol. The molecule has 0 bridgehead atoms. The van der Waals surface area contributed by atoms with Crippen LogP contribution in [0.3, 0.4) is 0 Å². The van der Waals surface area contributed by atoms with Crippen LogP contribution in [0.15, 0.2) is 24.4 Å². The summed E-state index contributed by atoms with van der Waals surface area (Å²) < 4.78 is 0. The molecule has 0 amide bonds. The summed E-state index contributed by atoms with van der Waals surface area (Å²) in [5, 5.41) is 4.31. The highest BCUT2D eigenvalue weighted by Gasteiger charge is 2.17. The molecule has 2 heterocycles. The van der Waals surface area contributed by atoms with E-state index in [1.165, 1.54) is 25.3 Å². The van der Waals surface area contributed by atoms with Gasteiger partial charge in [0.2, 0.25) is 0 Å². The van der Waals surface area contributed by atoms with Crippen molar-refractivity contribution < 1.29 is 0 Å². The normalized spacial score (nSPS) is 21.1. The maximum absolute atomic E-state index is 4.31. The van der Waals surface area contributed by atoms with E-state index in [1.807, 2.05) is 18.3 Å². The lowest BCUT2D eigenvalue weighted by Crippen LogP contribution is -2.41. The Bertz CT molecular complexity index is 331. The first-order valence-corrected chi connectivity index (χ1v) is 7.88. The maximum Gasteiger partial charge on any atom is 0.0541 e. The number of hydrogen-bond donors (Lipinski definition) is 1. The molecule has 1 atom stereocenters. The molecule has 2 rings (SSSR count). The summed E-state index contributed by atoms with van der Waals surface area (Å²) in [4.78, 5) is 6.89. The van der Waals surface area contributed by atoms with Gasteiger partial charge in [0, 0.05) is 49.9 Å². The minimum absolute atomic E-state index is 0.842. The highest BCUT2D eigenvalue weighted by atomic mass is 32.2. The van der Waals surface area contributed by atoms with E-state index < -0.39 is 0 Å². The first-order chi connectivity index (χ1) is 8.88. The molecule has 0 aromatic carbocycles. The van der Waals surface area contributed by atoms with Crippen molar-refractivity contribution in [1.82, 2.24) is 15.2 Å². The lowest BCUT2D eigenvalue weighted by atomic mass is 10.3. The van der Waals surface area contributed by atoms with Gasteiger partial charge in [-0.15, -0.1) is 0 Å². The van der Waals surface area contributed by atoms with Crippen LogP contribution in [-0.4, -0.2) is 47.1 Å². The minimum Gasteiger partial charge on any atom is -0.310 e. The Kier molecular flexibility index (Phi) is 5.97. The summed E-state index contributed by atoms with van der Waals surface area (Å²) in [6, 6.07) is 6.06. The van der Waals surface area contributed by atoms with E-state index in [0.717, 1.165) is 30.6 Å². The van der Waals surface area contributed by atoms with Crippen LogP contribution in [0, 0.1) is 0 Å². The number of aromatic nitrogens is 1. The molecule has 0 aliphatic carbocycles.